The van der Waals surface area contributed by atoms with Crippen molar-refractivity contribution in [2.45, 2.75) is 25.0 Å². The number of carbonyl (C=O) groups is 1. The molecule has 4 N–H and O–H groups in total. The number of fused-ring (bicyclic) bond motifs is 1. The lowest BCUT2D eigenvalue weighted by Gasteiger charge is -2.19. The number of nitrogen functional groups attached to an aromatic ring is 1. The maximum atomic E-state index is 11.9. The molecule has 11 nitrogen and oxygen atoms in total. The van der Waals surface area contributed by atoms with Gasteiger partial charge in [0.05, 0.1) is 32.7 Å². The number of ether oxygens (including phenoxy) is 2. The number of hydrogen-bond donors (Lipinski definition) is 3. The van der Waals surface area contributed by atoms with E-state index in [0.29, 0.717) is 32.0 Å². The van der Waals surface area contributed by atoms with Gasteiger partial charge in [-0.1, -0.05) is 12.1 Å². The summed E-state index contributed by atoms with van der Waals surface area (Å²) in [5.41, 5.74) is 6.88. The van der Waals surface area contributed by atoms with Crippen molar-refractivity contribution in [1.29, 1.82) is 0 Å². The summed E-state index contributed by atoms with van der Waals surface area (Å²) >= 11 is 1.67. The molecule has 0 radical (unpaired) electrons. The molecular formula is C20H27N6O5PS. The fourth-order valence-electron chi connectivity index (χ4n) is 2.81. The second-order valence-corrected chi connectivity index (χ2v) is 9.21. The molecule has 0 aliphatic heterocycles. The molecule has 1 unspecified atom stereocenters. The Labute approximate surface area is 196 Å². The van der Waals surface area contributed by atoms with E-state index in [-0.39, 0.29) is 35.9 Å². The first-order valence-electron chi connectivity index (χ1n) is 10.2. The quantitative estimate of drug-likeness (QED) is 0.140. The first kappa shape index (κ1) is 25.1. The Hall–Kier alpha value is -2.50. The number of imidazole rings is 1. The molecule has 13 heteroatoms. The number of anilines is 1. The van der Waals surface area contributed by atoms with E-state index in [0.717, 1.165) is 5.56 Å². The zero-order valence-electron chi connectivity index (χ0n) is 18.4. The molecule has 0 aliphatic rings. The Morgan fingerprint density at radius 3 is 2.85 bits per heavy atom. The predicted molar refractivity (Wildman–Crippen MR) is 128 cm³/mol. The average Bonchev–Trinajstić information content (AvgIpc) is 3.21. The average molecular weight is 495 g/mol. The molecule has 0 saturated carbocycles. The van der Waals surface area contributed by atoms with E-state index in [2.05, 4.69) is 20.0 Å². The zero-order chi connectivity index (χ0) is 23.6. The lowest BCUT2D eigenvalue weighted by Crippen LogP contribution is -2.23. The molecule has 0 saturated heterocycles. The van der Waals surface area contributed by atoms with E-state index in [1.807, 2.05) is 30.5 Å². The molecular weight excluding hydrogens is 467 g/mol. The molecule has 1 atom stereocenters. The minimum Gasteiger partial charge on any atom is -0.465 e. The third-order valence-corrected chi connectivity index (χ3v) is 6.54. The number of esters is 1. The van der Waals surface area contributed by atoms with E-state index in [9.17, 15) is 9.59 Å². The van der Waals surface area contributed by atoms with Gasteiger partial charge in [-0.3, -0.25) is 19.7 Å². The molecule has 0 amide bonds. The van der Waals surface area contributed by atoms with Crippen molar-refractivity contribution < 1.29 is 18.8 Å². The monoisotopic (exact) mass is 494 g/mol. The van der Waals surface area contributed by atoms with Crippen molar-refractivity contribution >= 4 is 43.1 Å². The van der Waals surface area contributed by atoms with Crippen LogP contribution in [-0.2, 0) is 31.9 Å². The van der Waals surface area contributed by atoms with Gasteiger partial charge in [0.2, 0.25) is 5.95 Å². The van der Waals surface area contributed by atoms with Crippen LogP contribution in [0.15, 0.2) is 40.3 Å². The normalized spacial score (nSPS) is 12.2. The number of thioether (sulfide) groups is 1. The number of carbonyl (C=O) groups excluding carboxylic acids is 1. The summed E-state index contributed by atoms with van der Waals surface area (Å²) in [6.07, 6.45) is 3.81. The smallest absolute Gasteiger partial charge is 0.320 e. The number of rotatable bonds is 13. The molecule has 3 rings (SSSR count). The highest BCUT2D eigenvalue weighted by Crippen LogP contribution is 2.33. The number of nitrogens with zero attached hydrogens (tertiary/aromatic N) is 3. The van der Waals surface area contributed by atoms with Crippen molar-refractivity contribution in [2.24, 2.45) is 0 Å². The van der Waals surface area contributed by atoms with Crippen LogP contribution in [-0.4, -0.2) is 57.9 Å². The molecule has 2 aromatic heterocycles. The highest BCUT2D eigenvalue weighted by atomic mass is 32.2. The Morgan fingerprint density at radius 1 is 1.33 bits per heavy atom. The summed E-state index contributed by atoms with van der Waals surface area (Å²) in [5.74, 6) is -0.322. The fourth-order valence-corrected chi connectivity index (χ4v) is 4.38. The van der Waals surface area contributed by atoms with Gasteiger partial charge in [-0.2, -0.15) is 4.98 Å². The highest BCUT2D eigenvalue weighted by Gasteiger charge is 2.14. The largest absolute Gasteiger partial charge is 0.465 e. The van der Waals surface area contributed by atoms with E-state index < -0.39 is 8.30 Å². The predicted octanol–water partition coefficient (Wildman–Crippen LogP) is 2.08. The fraction of sp³-hybridized carbons (Fsp3) is 0.400. The van der Waals surface area contributed by atoms with Gasteiger partial charge < -0.3 is 24.3 Å². The number of aromatic amines is 1. The second-order valence-electron chi connectivity index (χ2n) is 6.74. The maximum Gasteiger partial charge on any atom is 0.320 e. The molecule has 33 heavy (non-hydrogen) atoms. The number of benzene rings is 1. The summed E-state index contributed by atoms with van der Waals surface area (Å²) in [5, 5.41) is 3.08. The van der Waals surface area contributed by atoms with Crippen LogP contribution >= 0.6 is 20.1 Å². The summed E-state index contributed by atoms with van der Waals surface area (Å²) in [6, 6.07) is 8.09. The Morgan fingerprint density at radius 2 is 2.12 bits per heavy atom. The summed E-state index contributed by atoms with van der Waals surface area (Å²) in [7, 11) is -1.25. The van der Waals surface area contributed by atoms with Crippen LogP contribution in [0.5, 0.6) is 0 Å². The minimum absolute atomic E-state index is 0.0285. The number of aromatic nitrogens is 4. The van der Waals surface area contributed by atoms with Crippen molar-refractivity contribution in [3.8, 4) is 0 Å². The van der Waals surface area contributed by atoms with Crippen LogP contribution < -0.4 is 16.4 Å². The number of nitrogens with two attached hydrogens (primary N) is 1. The number of nitrogens with one attached hydrogen (secondary N) is 2. The van der Waals surface area contributed by atoms with E-state index in [1.165, 1.54) is 11.2 Å². The summed E-state index contributed by atoms with van der Waals surface area (Å²) in [4.78, 5) is 35.4. The maximum absolute atomic E-state index is 11.9. The third-order valence-electron chi connectivity index (χ3n) is 4.43. The molecule has 0 aliphatic carbocycles. The molecule has 3 aromatic rings. The SMILES string of the molecule is CCOC(=O)CNP(COCCn1cnc2c(=O)[nH]c(N)nc21)OCc1ccc(SC)cc1. The zero-order valence-corrected chi connectivity index (χ0v) is 20.2. The van der Waals surface area contributed by atoms with E-state index in [4.69, 9.17) is 19.7 Å². The van der Waals surface area contributed by atoms with Crippen molar-refractivity contribution in [3.63, 3.8) is 0 Å². The molecule has 1 aromatic carbocycles. The van der Waals surface area contributed by atoms with Gasteiger partial charge in [-0.05, 0) is 30.9 Å². The Bertz CT molecular complexity index is 1110. The summed E-state index contributed by atoms with van der Waals surface area (Å²) in [6.45, 7) is 3.24. The van der Waals surface area contributed by atoms with Gasteiger partial charge in [0.15, 0.2) is 11.2 Å². The van der Waals surface area contributed by atoms with Crippen LogP contribution in [0.4, 0.5) is 5.95 Å². The van der Waals surface area contributed by atoms with Crippen molar-refractivity contribution in [3.05, 3.63) is 46.5 Å². The lowest BCUT2D eigenvalue weighted by molar-refractivity contribution is -0.141. The van der Waals surface area contributed by atoms with E-state index in [1.54, 1.807) is 23.3 Å². The van der Waals surface area contributed by atoms with Gasteiger partial charge >= 0.3 is 5.97 Å². The van der Waals surface area contributed by atoms with Crippen LogP contribution in [0, 0.1) is 0 Å². The second kappa shape index (κ2) is 12.7. The first-order chi connectivity index (χ1) is 16.0. The third kappa shape index (κ3) is 7.51. The number of hydrogen-bond acceptors (Lipinski definition) is 10. The minimum atomic E-state index is -1.25. The standard InChI is InChI=1S/C20H27N6O5PS/c1-3-30-16(27)10-23-32(31-11-14-4-6-15(33-2)7-5-14)13-29-9-8-26-12-22-17-18(26)24-20(21)25-19(17)28/h4-7,12,23H,3,8-11,13H2,1-2H3,(H3,21,24,25,28). The van der Waals surface area contributed by atoms with Crippen LogP contribution in [0.25, 0.3) is 11.2 Å². The van der Waals surface area contributed by atoms with Gasteiger partial charge in [0, 0.05) is 11.4 Å². The van der Waals surface area contributed by atoms with Gasteiger partial charge in [-0.25, -0.2) is 4.98 Å². The molecule has 0 bridgehead atoms. The molecule has 0 fully saturated rings. The molecule has 178 valence electrons. The highest BCUT2D eigenvalue weighted by molar-refractivity contribution is 7.98. The topological polar surface area (TPSA) is 146 Å². The summed E-state index contributed by atoms with van der Waals surface area (Å²) < 4.78 is 18.4. The van der Waals surface area contributed by atoms with Crippen LogP contribution in [0.1, 0.15) is 12.5 Å². The Kier molecular flexibility index (Phi) is 9.64. The molecule has 2 heterocycles. The first-order valence-corrected chi connectivity index (χ1v) is 12.9. The Balaban J connectivity index is 1.53. The van der Waals surface area contributed by atoms with Gasteiger partial charge in [0.25, 0.3) is 5.56 Å². The van der Waals surface area contributed by atoms with Crippen LogP contribution in [0.3, 0.4) is 0 Å². The lowest BCUT2D eigenvalue weighted by atomic mass is 10.2. The number of H-pyrrole nitrogens is 1. The van der Waals surface area contributed by atoms with Crippen molar-refractivity contribution in [2.75, 3.05) is 38.1 Å². The molecule has 0 spiro atoms. The van der Waals surface area contributed by atoms with Gasteiger partial charge in [-0.15, -0.1) is 11.8 Å². The van der Waals surface area contributed by atoms with Crippen LogP contribution in [0.2, 0.25) is 0 Å². The van der Waals surface area contributed by atoms with Gasteiger partial charge in [0.1, 0.15) is 14.6 Å². The van der Waals surface area contributed by atoms with Crippen molar-refractivity contribution in [1.82, 2.24) is 24.6 Å². The van der Waals surface area contributed by atoms with E-state index >= 15 is 0 Å².